The van der Waals surface area contributed by atoms with Crippen LogP contribution >= 0.6 is 11.6 Å². The molecule has 1 saturated heterocycles. The highest BCUT2D eigenvalue weighted by molar-refractivity contribution is 6.34. The second-order valence-corrected chi connectivity index (χ2v) is 5.80. The summed E-state index contributed by atoms with van der Waals surface area (Å²) < 4.78 is 0. The van der Waals surface area contributed by atoms with Gasteiger partial charge in [-0.2, -0.15) is 0 Å². The number of piperidine rings is 1. The summed E-state index contributed by atoms with van der Waals surface area (Å²) in [6, 6.07) is 5.30. The number of anilines is 1. The van der Waals surface area contributed by atoms with Gasteiger partial charge in [-0.1, -0.05) is 18.0 Å². The molecular weight excluding hydrogens is 274 g/mol. The molecule has 2 rings (SSSR count). The summed E-state index contributed by atoms with van der Waals surface area (Å²) in [5, 5.41) is 3.38. The van der Waals surface area contributed by atoms with Gasteiger partial charge in [0.15, 0.2) is 0 Å². The fourth-order valence-corrected chi connectivity index (χ4v) is 2.74. The van der Waals surface area contributed by atoms with Gasteiger partial charge in [-0.3, -0.25) is 9.69 Å². The molecule has 1 unspecified atom stereocenters. The second-order valence-electron chi connectivity index (χ2n) is 5.39. The lowest BCUT2D eigenvalue weighted by Gasteiger charge is -2.32. The normalized spacial score (nSPS) is 17.7. The zero-order valence-corrected chi connectivity index (χ0v) is 12.6. The molecule has 0 aliphatic carbocycles. The molecule has 1 aliphatic heterocycles. The molecule has 1 aromatic rings. The summed E-state index contributed by atoms with van der Waals surface area (Å²) in [7, 11) is 0. The minimum absolute atomic E-state index is 0.161. The molecule has 1 atom stereocenters. The third kappa shape index (κ3) is 3.87. The van der Waals surface area contributed by atoms with Crippen LogP contribution in [0.25, 0.3) is 0 Å². The Labute approximate surface area is 125 Å². The summed E-state index contributed by atoms with van der Waals surface area (Å²) in [5.74, 6) is -0.161. The Balaban J connectivity index is 1.89. The van der Waals surface area contributed by atoms with Crippen LogP contribution in [0.3, 0.4) is 0 Å². The zero-order valence-electron chi connectivity index (χ0n) is 11.9. The Bertz CT molecular complexity index is 472. The average Bonchev–Trinajstić information content (AvgIpc) is 2.47. The van der Waals surface area contributed by atoms with E-state index in [-0.39, 0.29) is 5.91 Å². The Morgan fingerprint density at radius 3 is 2.80 bits per heavy atom. The maximum Gasteiger partial charge on any atom is 0.252 e. The number of carbonyl (C=O) groups is 1. The van der Waals surface area contributed by atoms with Crippen LogP contribution in [0.15, 0.2) is 18.2 Å². The van der Waals surface area contributed by atoms with Crippen molar-refractivity contribution in [2.75, 3.05) is 25.4 Å². The van der Waals surface area contributed by atoms with E-state index < -0.39 is 0 Å². The first-order valence-corrected chi connectivity index (χ1v) is 7.53. The smallest absolute Gasteiger partial charge is 0.252 e. The Morgan fingerprint density at radius 2 is 2.10 bits per heavy atom. The average molecular weight is 296 g/mol. The van der Waals surface area contributed by atoms with Gasteiger partial charge in [0.25, 0.3) is 5.91 Å². The number of nitrogen functional groups attached to an aromatic ring is 1. The topological polar surface area (TPSA) is 58.4 Å². The molecule has 0 aromatic heterocycles. The molecule has 110 valence electrons. The van der Waals surface area contributed by atoms with Crippen molar-refractivity contribution in [2.45, 2.75) is 32.2 Å². The molecule has 3 N–H and O–H groups in total. The van der Waals surface area contributed by atoms with Crippen molar-refractivity contribution in [3.05, 3.63) is 28.8 Å². The van der Waals surface area contributed by atoms with E-state index in [9.17, 15) is 4.79 Å². The predicted molar refractivity (Wildman–Crippen MR) is 83.1 cm³/mol. The number of nitrogens with zero attached hydrogens (tertiary/aromatic N) is 1. The fraction of sp³-hybridized carbons (Fsp3) is 0.533. The quantitative estimate of drug-likeness (QED) is 0.839. The minimum atomic E-state index is -0.161. The number of likely N-dealkylation sites (tertiary alicyclic amines) is 1. The van der Waals surface area contributed by atoms with E-state index in [2.05, 4.69) is 17.1 Å². The molecule has 0 radical (unpaired) electrons. The number of benzene rings is 1. The Morgan fingerprint density at radius 1 is 1.40 bits per heavy atom. The number of nitrogens with two attached hydrogens (primary N) is 1. The fourth-order valence-electron chi connectivity index (χ4n) is 2.54. The number of hydrogen-bond acceptors (Lipinski definition) is 3. The van der Waals surface area contributed by atoms with Gasteiger partial charge in [-0.05, 0) is 51.1 Å². The van der Waals surface area contributed by atoms with Crippen molar-refractivity contribution < 1.29 is 4.79 Å². The molecule has 0 saturated carbocycles. The van der Waals surface area contributed by atoms with E-state index in [0.717, 1.165) is 13.1 Å². The number of carbonyl (C=O) groups excluding carboxylic acids is 1. The van der Waals surface area contributed by atoms with Gasteiger partial charge < -0.3 is 11.1 Å². The summed E-state index contributed by atoms with van der Waals surface area (Å²) >= 11 is 6.03. The molecule has 0 bridgehead atoms. The summed E-state index contributed by atoms with van der Waals surface area (Å²) in [6.07, 6.45) is 3.81. The van der Waals surface area contributed by atoms with Gasteiger partial charge in [0.2, 0.25) is 0 Å². The van der Waals surface area contributed by atoms with Crippen LogP contribution in [0.5, 0.6) is 0 Å². The third-order valence-electron chi connectivity index (χ3n) is 3.81. The van der Waals surface area contributed by atoms with Crippen LogP contribution in [-0.2, 0) is 0 Å². The minimum Gasteiger partial charge on any atom is -0.399 e. The first-order valence-electron chi connectivity index (χ1n) is 7.15. The molecular formula is C15H22ClN3O. The van der Waals surface area contributed by atoms with Crippen molar-refractivity contribution in [3.63, 3.8) is 0 Å². The highest BCUT2D eigenvalue weighted by atomic mass is 35.5. The first-order chi connectivity index (χ1) is 9.58. The van der Waals surface area contributed by atoms with Gasteiger partial charge in [0, 0.05) is 18.3 Å². The van der Waals surface area contributed by atoms with Gasteiger partial charge in [0.05, 0.1) is 10.6 Å². The number of nitrogens with one attached hydrogen (secondary N) is 1. The van der Waals surface area contributed by atoms with Crippen molar-refractivity contribution >= 4 is 23.2 Å². The monoisotopic (exact) mass is 295 g/mol. The van der Waals surface area contributed by atoms with E-state index in [4.69, 9.17) is 17.3 Å². The molecule has 5 heteroatoms. The highest BCUT2D eigenvalue weighted by Gasteiger charge is 2.18. The van der Waals surface area contributed by atoms with E-state index in [1.54, 1.807) is 18.2 Å². The number of amides is 1. The van der Waals surface area contributed by atoms with Gasteiger partial charge in [-0.25, -0.2) is 0 Å². The van der Waals surface area contributed by atoms with Crippen molar-refractivity contribution in [2.24, 2.45) is 0 Å². The van der Waals surface area contributed by atoms with Crippen molar-refractivity contribution in [3.8, 4) is 0 Å². The maximum atomic E-state index is 12.1. The maximum absolute atomic E-state index is 12.1. The molecule has 1 aromatic carbocycles. The predicted octanol–water partition coefficient (Wildman–Crippen LogP) is 2.53. The summed E-state index contributed by atoms with van der Waals surface area (Å²) in [4.78, 5) is 14.6. The van der Waals surface area contributed by atoms with Gasteiger partial charge in [0.1, 0.15) is 0 Å². The van der Waals surface area contributed by atoms with Crippen molar-refractivity contribution in [1.29, 1.82) is 0 Å². The molecule has 20 heavy (non-hydrogen) atoms. The lowest BCUT2D eigenvalue weighted by Crippen LogP contribution is -2.44. The Kier molecular flexibility index (Phi) is 5.26. The van der Waals surface area contributed by atoms with Crippen LogP contribution in [0.4, 0.5) is 5.69 Å². The molecule has 1 amide bonds. The number of rotatable bonds is 4. The molecule has 1 heterocycles. The summed E-state index contributed by atoms with van der Waals surface area (Å²) in [6.45, 7) is 5.02. The lowest BCUT2D eigenvalue weighted by molar-refractivity contribution is 0.0930. The van der Waals surface area contributed by atoms with E-state index in [0.29, 0.717) is 28.9 Å². The molecule has 4 nitrogen and oxygen atoms in total. The molecule has 1 fully saturated rings. The lowest BCUT2D eigenvalue weighted by atomic mass is 10.1. The largest absolute Gasteiger partial charge is 0.399 e. The van der Waals surface area contributed by atoms with Crippen LogP contribution in [0, 0.1) is 0 Å². The van der Waals surface area contributed by atoms with Crippen LogP contribution in [-0.4, -0.2) is 36.5 Å². The SMILES string of the molecule is CC(CNC(=O)c1cc(N)ccc1Cl)N1CCCCC1. The van der Waals surface area contributed by atoms with E-state index >= 15 is 0 Å². The second kappa shape index (κ2) is 6.95. The van der Waals surface area contributed by atoms with Crippen LogP contribution < -0.4 is 11.1 Å². The number of halogens is 1. The van der Waals surface area contributed by atoms with E-state index in [1.807, 2.05) is 0 Å². The van der Waals surface area contributed by atoms with Crippen LogP contribution in [0.2, 0.25) is 5.02 Å². The van der Waals surface area contributed by atoms with Crippen LogP contribution in [0.1, 0.15) is 36.5 Å². The van der Waals surface area contributed by atoms with Crippen molar-refractivity contribution in [1.82, 2.24) is 10.2 Å². The highest BCUT2D eigenvalue weighted by Crippen LogP contribution is 2.18. The third-order valence-corrected chi connectivity index (χ3v) is 4.14. The molecule has 1 aliphatic rings. The van der Waals surface area contributed by atoms with Gasteiger partial charge in [-0.15, -0.1) is 0 Å². The first kappa shape index (κ1) is 15.1. The molecule has 0 spiro atoms. The standard InChI is InChI=1S/C15H22ClN3O/c1-11(19-7-3-2-4-8-19)10-18-15(20)13-9-12(17)5-6-14(13)16/h5-6,9,11H,2-4,7-8,10,17H2,1H3,(H,18,20). The summed E-state index contributed by atoms with van der Waals surface area (Å²) in [5.41, 5.74) is 6.68. The zero-order chi connectivity index (χ0) is 14.5. The van der Waals surface area contributed by atoms with E-state index in [1.165, 1.54) is 19.3 Å². The Hall–Kier alpha value is -1.26. The van der Waals surface area contributed by atoms with Gasteiger partial charge >= 0.3 is 0 Å². The number of hydrogen-bond donors (Lipinski definition) is 2.